The molecule has 0 atom stereocenters. The van der Waals surface area contributed by atoms with E-state index in [1.807, 2.05) is 0 Å². The van der Waals surface area contributed by atoms with Crippen LogP contribution in [0, 0.1) is 0 Å². The van der Waals surface area contributed by atoms with E-state index in [0.29, 0.717) is 17.7 Å². The van der Waals surface area contributed by atoms with Gasteiger partial charge in [0.05, 0.1) is 13.0 Å². The first-order chi connectivity index (χ1) is 10.1. The molecule has 0 saturated carbocycles. The molecule has 6 nitrogen and oxygen atoms in total. The number of nitrogens with one attached hydrogen (secondary N) is 2. The van der Waals surface area contributed by atoms with Crippen LogP contribution in [0.5, 0.6) is 5.75 Å². The third-order valence-corrected chi connectivity index (χ3v) is 3.42. The Kier molecular flexibility index (Phi) is 5.57. The van der Waals surface area contributed by atoms with E-state index in [9.17, 15) is 9.59 Å². The molecule has 0 radical (unpaired) electrons. The molecule has 1 saturated heterocycles. The van der Waals surface area contributed by atoms with Gasteiger partial charge in [0.15, 0.2) is 0 Å². The maximum atomic E-state index is 11.8. The van der Waals surface area contributed by atoms with Crippen molar-refractivity contribution >= 4 is 11.8 Å². The number of ether oxygens (including phenoxy) is 1. The van der Waals surface area contributed by atoms with Crippen LogP contribution in [0.25, 0.3) is 0 Å². The van der Waals surface area contributed by atoms with Gasteiger partial charge in [-0.25, -0.2) is 0 Å². The summed E-state index contributed by atoms with van der Waals surface area (Å²) in [6.07, 6.45) is 2.23. The summed E-state index contributed by atoms with van der Waals surface area (Å²) < 4.78 is 5.48. The van der Waals surface area contributed by atoms with Crippen LogP contribution in [0.1, 0.15) is 29.6 Å². The van der Waals surface area contributed by atoms with Gasteiger partial charge in [-0.15, -0.1) is 0 Å². The number of benzene rings is 1. The predicted molar refractivity (Wildman–Crippen MR) is 79.1 cm³/mol. The SMILES string of the molecule is NC(=O)c1cccc(OCCC(=O)NC2CCNCC2)c1. The van der Waals surface area contributed by atoms with Gasteiger partial charge >= 0.3 is 0 Å². The fourth-order valence-electron chi connectivity index (χ4n) is 2.27. The number of rotatable bonds is 6. The number of carbonyl (C=O) groups is 2. The molecule has 114 valence electrons. The maximum Gasteiger partial charge on any atom is 0.248 e. The first kappa shape index (κ1) is 15.3. The smallest absolute Gasteiger partial charge is 0.248 e. The third-order valence-electron chi connectivity index (χ3n) is 3.42. The van der Waals surface area contributed by atoms with E-state index in [-0.39, 0.29) is 18.6 Å². The van der Waals surface area contributed by atoms with Gasteiger partial charge in [-0.2, -0.15) is 0 Å². The Labute approximate surface area is 124 Å². The van der Waals surface area contributed by atoms with Crippen LogP contribution < -0.4 is 21.1 Å². The lowest BCUT2D eigenvalue weighted by molar-refractivity contribution is -0.122. The quantitative estimate of drug-likeness (QED) is 0.708. The predicted octanol–water partition coefficient (Wildman–Crippen LogP) is 0.423. The average Bonchev–Trinajstić information content (AvgIpc) is 2.48. The lowest BCUT2D eigenvalue weighted by atomic mass is 10.1. The van der Waals surface area contributed by atoms with Crippen LogP contribution in [0.15, 0.2) is 24.3 Å². The summed E-state index contributed by atoms with van der Waals surface area (Å²) in [5.41, 5.74) is 5.59. The van der Waals surface area contributed by atoms with Crippen LogP contribution in [0.3, 0.4) is 0 Å². The first-order valence-corrected chi connectivity index (χ1v) is 7.18. The van der Waals surface area contributed by atoms with Gasteiger partial charge in [0, 0.05) is 11.6 Å². The van der Waals surface area contributed by atoms with E-state index in [1.165, 1.54) is 0 Å². The van der Waals surface area contributed by atoms with Crippen LogP contribution in [-0.4, -0.2) is 37.6 Å². The normalized spacial score (nSPS) is 15.4. The fraction of sp³-hybridized carbons (Fsp3) is 0.467. The zero-order valence-corrected chi connectivity index (χ0v) is 11.9. The number of hydrogen-bond acceptors (Lipinski definition) is 4. The van der Waals surface area contributed by atoms with Crippen LogP contribution in [0.4, 0.5) is 0 Å². The Bertz CT molecular complexity index is 499. The minimum atomic E-state index is -0.496. The molecule has 1 aromatic carbocycles. The second-order valence-corrected chi connectivity index (χ2v) is 5.08. The molecule has 21 heavy (non-hydrogen) atoms. The van der Waals surface area contributed by atoms with Crippen LogP contribution in [0.2, 0.25) is 0 Å². The molecule has 0 unspecified atom stereocenters. The summed E-state index contributed by atoms with van der Waals surface area (Å²) in [5.74, 6) is 0.0398. The molecule has 0 aliphatic carbocycles. The maximum absolute atomic E-state index is 11.8. The third kappa shape index (κ3) is 5.07. The number of carbonyl (C=O) groups excluding carboxylic acids is 2. The fourth-order valence-corrected chi connectivity index (χ4v) is 2.27. The number of amides is 2. The Morgan fingerprint density at radius 1 is 1.33 bits per heavy atom. The molecule has 1 heterocycles. The summed E-state index contributed by atoms with van der Waals surface area (Å²) in [7, 11) is 0. The van der Waals surface area contributed by atoms with Gasteiger partial charge in [0.25, 0.3) is 0 Å². The molecule has 0 spiro atoms. The van der Waals surface area contributed by atoms with Crippen molar-refractivity contribution in [2.24, 2.45) is 5.73 Å². The average molecular weight is 291 g/mol. The Morgan fingerprint density at radius 3 is 2.81 bits per heavy atom. The lowest BCUT2D eigenvalue weighted by Crippen LogP contribution is -2.43. The highest BCUT2D eigenvalue weighted by atomic mass is 16.5. The van der Waals surface area contributed by atoms with Crippen molar-refractivity contribution in [3.8, 4) is 5.75 Å². The van der Waals surface area contributed by atoms with Crippen molar-refractivity contribution in [2.75, 3.05) is 19.7 Å². The molecule has 2 rings (SSSR count). The molecule has 1 aliphatic rings. The molecule has 2 amide bonds. The molecular weight excluding hydrogens is 270 g/mol. The van der Waals surface area contributed by atoms with Gasteiger partial charge < -0.3 is 21.1 Å². The van der Waals surface area contributed by atoms with E-state index in [0.717, 1.165) is 25.9 Å². The van der Waals surface area contributed by atoms with Crippen molar-refractivity contribution in [2.45, 2.75) is 25.3 Å². The zero-order chi connectivity index (χ0) is 15.1. The van der Waals surface area contributed by atoms with Gasteiger partial charge in [-0.05, 0) is 44.1 Å². The van der Waals surface area contributed by atoms with Crippen molar-refractivity contribution in [1.29, 1.82) is 0 Å². The van der Waals surface area contributed by atoms with Crippen molar-refractivity contribution in [1.82, 2.24) is 10.6 Å². The highest BCUT2D eigenvalue weighted by Gasteiger charge is 2.15. The summed E-state index contributed by atoms with van der Waals surface area (Å²) in [6.45, 7) is 2.17. The lowest BCUT2D eigenvalue weighted by Gasteiger charge is -2.23. The second-order valence-electron chi connectivity index (χ2n) is 5.08. The number of piperidine rings is 1. The Hall–Kier alpha value is -2.08. The van der Waals surface area contributed by atoms with E-state index in [2.05, 4.69) is 10.6 Å². The molecule has 1 fully saturated rings. The monoisotopic (exact) mass is 291 g/mol. The Balaban J connectivity index is 1.72. The minimum absolute atomic E-state index is 0.00652. The molecule has 1 aliphatic heterocycles. The van der Waals surface area contributed by atoms with E-state index < -0.39 is 5.91 Å². The van der Waals surface area contributed by atoms with Gasteiger partial charge in [-0.1, -0.05) is 6.07 Å². The van der Waals surface area contributed by atoms with Gasteiger partial charge in [0.2, 0.25) is 11.8 Å². The van der Waals surface area contributed by atoms with Crippen molar-refractivity contribution < 1.29 is 14.3 Å². The second kappa shape index (κ2) is 7.64. The minimum Gasteiger partial charge on any atom is -0.493 e. The number of hydrogen-bond donors (Lipinski definition) is 3. The summed E-state index contributed by atoms with van der Waals surface area (Å²) in [4.78, 5) is 22.8. The van der Waals surface area contributed by atoms with Crippen molar-refractivity contribution in [3.63, 3.8) is 0 Å². The summed E-state index contributed by atoms with van der Waals surface area (Å²) in [5, 5.41) is 6.25. The largest absolute Gasteiger partial charge is 0.493 e. The topological polar surface area (TPSA) is 93.5 Å². The van der Waals surface area contributed by atoms with Crippen LogP contribution >= 0.6 is 0 Å². The highest BCUT2D eigenvalue weighted by molar-refractivity contribution is 5.93. The van der Waals surface area contributed by atoms with E-state index >= 15 is 0 Å². The molecule has 6 heteroatoms. The summed E-state index contributed by atoms with van der Waals surface area (Å²) in [6, 6.07) is 6.89. The summed E-state index contributed by atoms with van der Waals surface area (Å²) >= 11 is 0. The standard InChI is InChI=1S/C15H21N3O3/c16-15(20)11-2-1-3-13(10-11)21-9-6-14(19)18-12-4-7-17-8-5-12/h1-3,10,12,17H,4-9H2,(H2,16,20)(H,18,19). The van der Waals surface area contributed by atoms with Crippen LogP contribution in [-0.2, 0) is 4.79 Å². The molecule has 0 aromatic heterocycles. The first-order valence-electron chi connectivity index (χ1n) is 7.18. The number of primary amides is 1. The molecule has 1 aromatic rings. The Morgan fingerprint density at radius 2 is 2.10 bits per heavy atom. The highest BCUT2D eigenvalue weighted by Crippen LogP contribution is 2.13. The van der Waals surface area contributed by atoms with Gasteiger partial charge in [0.1, 0.15) is 5.75 Å². The zero-order valence-electron chi connectivity index (χ0n) is 11.9. The van der Waals surface area contributed by atoms with E-state index in [1.54, 1.807) is 24.3 Å². The molecule has 0 bridgehead atoms. The van der Waals surface area contributed by atoms with E-state index in [4.69, 9.17) is 10.5 Å². The molecule has 4 N–H and O–H groups in total. The number of nitrogens with two attached hydrogens (primary N) is 1. The molecular formula is C15H21N3O3. The van der Waals surface area contributed by atoms with Gasteiger partial charge in [-0.3, -0.25) is 9.59 Å². The van der Waals surface area contributed by atoms with Crippen molar-refractivity contribution in [3.05, 3.63) is 29.8 Å².